The van der Waals surface area contributed by atoms with Crippen LogP contribution in [0.3, 0.4) is 0 Å². The summed E-state index contributed by atoms with van der Waals surface area (Å²) in [4.78, 5) is 35.0. The summed E-state index contributed by atoms with van der Waals surface area (Å²) in [6, 6.07) is 0. The molecule has 5 heteroatoms. The summed E-state index contributed by atoms with van der Waals surface area (Å²) in [5, 5.41) is 2.41. The van der Waals surface area contributed by atoms with Crippen molar-refractivity contribution in [2.45, 2.75) is 19.3 Å². The number of hydrogen-bond acceptors (Lipinski definition) is 3. The molecule has 1 saturated carbocycles. The molecule has 0 bridgehead atoms. The monoisotopic (exact) mass is 196 g/mol. The maximum Gasteiger partial charge on any atom is 0.318 e. The number of carbonyl (C=O) groups excluding carboxylic acids is 3. The fourth-order valence-corrected chi connectivity index (χ4v) is 1.67. The average molecular weight is 196 g/mol. The van der Waals surface area contributed by atoms with Crippen LogP contribution in [-0.2, 0) is 14.4 Å². The van der Waals surface area contributed by atoms with E-state index in [-0.39, 0.29) is 11.8 Å². The standard InChI is InChI=1S/C9H12N2O3/c12-7-9(14)11(5-4-10-7)8(13)6-2-1-3-6/h6H,1-5H2,(H,10,12). The van der Waals surface area contributed by atoms with E-state index < -0.39 is 11.8 Å². The summed E-state index contributed by atoms with van der Waals surface area (Å²) >= 11 is 0. The Balaban J connectivity index is 2.04. The number of imide groups is 1. The number of carbonyl (C=O) groups is 3. The van der Waals surface area contributed by atoms with Crippen LogP contribution in [0.15, 0.2) is 0 Å². The Morgan fingerprint density at radius 2 is 2.07 bits per heavy atom. The van der Waals surface area contributed by atoms with E-state index in [2.05, 4.69) is 5.32 Å². The number of hydrogen-bond donors (Lipinski definition) is 1. The van der Waals surface area contributed by atoms with Crippen LogP contribution in [0.2, 0.25) is 0 Å². The molecule has 1 aliphatic carbocycles. The molecule has 14 heavy (non-hydrogen) atoms. The van der Waals surface area contributed by atoms with E-state index in [1.54, 1.807) is 0 Å². The van der Waals surface area contributed by atoms with E-state index in [1.165, 1.54) is 0 Å². The number of amides is 3. The van der Waals surface area contributed by atoms with Gasteiger partial charge in [-0.3, -0.25) is 19.3 Å². The molecule has 2 aliphatic rings. The fraction of sp³-hybridized carbons (Fsp3) is 0.667. The molecule has 76 valence electrons. The molecule has 1 N–H and O–H groups in total. The first kappa shape index (κ1) is 9.18. The molecule has 2 fully saturated rings. The topological polar surface area (TPSA) is 66.5 Å². The third-order valence-corrected chi connectivity index (χ3v) is 2.78. The van der Waals surface area contributed by atoms with Crippen LogP contribution in [0.1, 0.15) is 19.3 Å². The smallest absolute Gasteiger partial charge is 0.318 e. The Kier molecular flexibility index (Phi) is 2.23. The average Bonchev–Trinajstić information content (AvgIpc) is 2.06. The first-order valence-corrected chi connectivity index (χ1v) is 4.83. The highest BCUT2D eigenvalue weighted by Gasteiger charge is 2.36. The zero-order valence-corrected chi connectivity index (χ0v) is 7.78. The summed E-state index contributed by atoms with van der Waals surface area (Å²) < 4.78 is 0. The molecule has 3 amide bonds. The number of nitrogens with zero attached hydrogens (tertiary/aromatic N) is 1. The van der Waals surface area contributed by atoms with Crippen molar-refractivity contribution in [2.24, 2.45) is 5.92 Å². The maximum absolute atomic E-state index is 11.7. The third-order valence-electron chi connectivity index (χ3n) is 2.78. The predicted molar refractivity (Wildman–Crippen MR) is 47.1 cm³/mol. The Labute approximate surface area is 81.4 Å². The highest BCUT2D eigenvalue weighted by atomic mass is 16.2. The van der Waals surface area contributed by atoms with Gasteiger partial charge in [-0.25, -0.2) is 0 Å². The van der Waals surface area contributed by atoms with Gasteiger partial charge in [-0.1, -0.05) is 6.42 Å². The lowest BCUT2D eigenvalue weighted by Gasteiger charge is -2.32. The molecule has 1 saturated heterocycles. The van der Waals surface area contributed by atoms with Gasteiger partial charge in [-0.05, 0) is 12.8 Å². The number of rotatable bonds is 1. The molecule has 0 radical (unpaired) electrons. The lowest BCUT2D eigenvalue weighted by Crippen LogP contribution is -2.56. The molecular formula is C9H12N2O3. The van der Waals surface area contributed by atoms with Crippen molar-refractivity contribution in [3.8, 4) is 0 Å². The normalized spacial score (nSPS) is 23.0. The van der Waals surface area contributed by atoms with Gasteiger partial charge in [0.05, 0.1) is 0 Å². The first-order chi connectivity index (χ1) is 6.70. The highest BCUT2D eigenvalue weighted by Crippen LogP contribution is 2.28. The Morgan fingerprint density at radius 3 is 2.64 bits per heavy atom. The predicted octanol–water partition coefficient (Wildman–Crippen LogP) is -0.729. The van der Waals surface area contributed by atoms with Crippen molar-refractivity contribution in [1.29, 1.82) is 0 Å². The van der Waals surface area contributed by atoms with Crippen LogP contribution in [0.5, 0.6) is 0 Å². The summed E-state index contributed by atoms with van der Waals surface area (Å²) in [6.45, 7) is 0.697. The van der Waals surface area contributed by atoms with Crippen molar-refractivity contribution < 1.29 is 14.4 Å². The van der Waals surface area contributed by atoms with Crippen LogP contribution in [0, 0.1) is 5.92 Å². The van der Waals surface area contributed by atoms with E-state index in [1.807, 2.05) is 0 Å². The number of piperazine rings is 1. The molecule has 2 rings (SSSR count). The minimum absolute atomic E-state index is 0.0233. The molecular weight excluding hydrogens is 184 g/mol. The van der Waals surface area contributed by atoms with Gasteiger partial charge in [0.25, 0.3) is 0 Å². The lowest BCUT2D eigenvalue weighted by molar-refractivity contribution is -0.157. The molecule has 0 aromatic carbocycles. The molecule has 0 aromatic heterocycles. The van der Waals surface area contributed by atoms with Gasteiger partial charge in [-0.2, -0.15) is 0 Å². The third kappa shape index (κ3) is 1.38. The molecule has 1 heterocycles. The molecule has 5 nitrogen and oxygen atoms in total. The van der Waals surface area contributed by atoms with E-state index in [9.17, 15) is 14.4 Å². The Morgan fingerprint density at radius 1 is 1.36 bits per heavy atom. The summed E-state index contributed by atoms with van der Waals surface area (Å²) in [5.41, 5.74) is 0. The van der Waals surface area contributed by atoms with Crippen LogP contribution < -0.4 is 5.32 Å². The largest absolute Gasteiger partial charge is 0.346 e. The minimum atomic E-state index is -0.701. The lowest BCUT2D eigenvalue weighted by atomic mass is 9.84. The highest BCUT2D eigenvalue weighted by molar-refractivity contribution is 6.38. The SMILES string of the molecule is O=C1NCCN(C(=O)C2CCC2)C1=O. The molecule has 0 atom stereocenters. The van der Waals surface area contributed by atoms with Gasteiger partial charge in [0.2, 0.25) is 5.91 Å². The first-order valence-electron chi connectivity index (χ1n) is 4.83. The second kappa shape index (κ2) is 3.40. The second-order valence-electron chi connectivity index (χ2n) is 3.68. The minimum Gasteiger partial charge on any atom is -0.346 e. The van der Waals surface area contributed by atoms with Gasteiger partial charge < -0.3 is 5.32 Å². The van der Waals surface area contributed by atoms with Crippen molar-refractivity contribution in [1.82, 2.24) is 10.2 Å². The summed E-state index contributed by atoms with van der Waals surface area (Å²) in [5.74, 6) is -1.56. The van der Waals surface area contributed by atoms with E-state index >= 15 is 0 Å². The van der Waals surface area contributed by atoms with Gasteiger partial charge in [-0.15, -0.1) is 0 Å². The van der Waals surface area contributed by atoms with Gasteiger partial charge in [0.1, 0.15) is 0 Å². The van der Waals surface area contributed by atoms with Crippen molar-refractivity contribution in [2.75, 3.05) is 13.1 Å². The summed E-state index contributed by atoms with van der Waals surface area (Å²) in [6.07, 6.45) is 2.75. The van der Waals surface area contributed by atoms with E-state index in [0.29, 0.717) is 13.1 Å². The second-order valence-corrected chi connectivity index (χ2v) is 3.68. The molecule has 0 spiro atoms. The molecule has 0 aromatic rings. The van der Waals surface area contributed by atoms with E-state index in [4.69, 9.17) is 0 Å². The summed E-state index contributed by atoms with van der Waals surface area (Å²) in [7, 11) is 0. The van der Waals surface area contributed by atoms with Crippen LogP contribution in [-0.4, -0.2) is 35.7 Å². The molecule has 1 aliphatic heterocycles. The maximum atomic E-state index is 11.7. The fourth-order valence-electron chi connectivity index (χ4n) is 1.67. The van der Waals surface area contributed by atoms with Crippen LogP contribution in [0.4, 0.5) is 0 Å². The van der Waals surface area contributed by atoms with Crippen LogP contribution >= 0.6 is 0 Å². The Hall–Kier alpha value is -1.39. The van der Waals surface area contributed by atoms with E-state index in [0.717, 1.165) is 24.2 Å². The van der Waals surface area contributed by atoms with Crippen molar-refractivity contribution >= 4 is 17.7 Å². The van der Waals surface area contributed by atoms with Crippen molar-refractivity contribution in [3.05, 3.63) is 0 Å². The zero-order valence-electron chi connectivity index (χ0n) is 7.78. The van der Waals surface area contributed by atoms with Crippen molar-refractivity contribution in [3.63, 3.8) is 0 Å². The number of nitrogens with one attached hydrogen (secondary N) is 1. The van der Waals surface area contributed by atoms with Gasteiger partial charge in [0, 0.05) is 19.0 Å². The molecule has 0 unspecified atom stereocenters. The zero-order chi connectivity index (χ0) is 10.1. The van der Waals surface area contributed by atoms with Gasteiger partial charge in [0.15, 0.2) is 0 Å². The quantitative estimate of drug-likeness (QED) is 0.444. The van der Waals surface area contributed by atoms with Gasteiger partial charge >= 0.3 is 11.8 Å². The Bertz CT molecular complexity index is 296. The van der Waals surface area contributed by atoms with Crippen LogP contribution in [0.25, 0.3) is 0 Å².